The average molecular weight is 426 g/mol. The topological polar surface area (TPSA) is 94.2 Å². The Hall–Kier alpha value is -3.55. The number of nitrogens with zero attached hydrogens (tertiary/aromatic N) is 1. The lowest BCUT2D eigenvalue weighted by Gasteiger charge is -2.19. The fourth-order valence-electron chi connectivity index (χ4n) is 3.31. The molecule has 1 heterocycles. The van der Waals surface area contributed by atoms with Crippen LogP contribution in [0.2, 0.25) is 0 Å². The molecule has 1 atom stereocenters. The highest BCUT2D eigenvalue weighted by atomic mass is 16.5. The maximum atomic E-state index is 12.5. The number of carbonyl (C=O) groups excluding carboxylic acids is 3. The van der Waals surface area contributed by atoms with Crippen LogP contribution in [0.5, 0.6) is 11.5 Å². The zero-order valence-electron chi connectivity index (χ0n) is 17.6. The van der Waals surface area contributed by atoms with Crippen molar-refractivity contribution < 1.29 is 28.6 Å². The van der Waals surface area contributed by atoms with E-state index in [0.717, 1.165) is 0 Å². The minimum absolute atomic E-state index is 0.0276. The van der Waals surface area contributed by atoms with E-state index in [1.165, 1.54) is 4.90 Å². The van der Waals surface area contributed by atoms with E-state index in [-0.39, 0.29) is 18.9 Å². The normalized spacial score (nSPS) is 15.5. The first-order chi connectivity index (χ1) is 15.0. The summed E-state index contributed by atoms with van der Waals surface area (Å²) in [6, 6.07) is 14.1. The van der Waals surface area contributed by atoms with Crippen LogP contribution in [0.1, 0.15) is 20.3 Å². The average Bonchev–Trinajstić information content (AvgIpc) is 3.16. The molecule has 0 aromatic heterocycles. The Balaban J connectivity index is 1.52. The summed E-state index contributed by atoms with van der Waals surface area (Å²) in [5.74, 6) is -0.573. The Morgan fingerprint density at radius 3 is 2.45 bits per heavy atom. The predicted octanol–water partition coefficient (Wildman–Crippen LogP) is 3.02. The number of anilines is 2. The minimum atomic E-state index is -0.638. The third-order valence-electron chi connectivity index (χ3n) is 4.71. The van der Waals surface area contributed by atoms with Crippen molar-refractivity contribution in [2.24, 2.45) is 5.92 Å². The van der Waals surface area contributed by atoms with E-state index in [2.05, 4.69) is 5.32 Å². The van der Waals surface area contributed by atoms with Gasteiger partial charge in [0.2, 0.25) is 5.91 Å². The Kier molecular flexibility index (Phi) is 7.48. The predicted molar refractivity (Wildman–Crippen MR) is 115 cm³/mol. The number of carbonyl (C=O) groups is 3. The SMILES string of the molecule is CCOc1ccc(NC(=O)COC(=O)[C@@H]2CC(=O)N(c3ccccc3OCC)C2)cc1. The summed E-state index contributed by atoms with van der Waals surface area (Å²) in [6.07, 6.45) is 0.0276. The number of amides is 2. The number of hydrogen-bond acceptors (Lipinski definition) is 6. The molecule has 2 aromatic rings. The molecule has 0 saturated carbocycles. The molecule has 31 heavy (non-hydrogen) atoms. The second kappa shape index (κ2) is 10.5. The van der Waals surface area contributed by atoms with Crippen LogP contribution in [-0.2, 0) is 19.1 Å². The van der Waals surface area contributed by atoms with E-state index in [4.69, 9.17) is 14.2 Å². The fraction of sp³-hybridized carbons (Fsp3) is 0.348. The van der Waals surface area contributed by atoms with Crippen LogP contribution < -0.4 is 19.7 Å². The van der Waals surface area contributed by atoms with E-state index in [1.807, 2.05) is 26.0 Å². The van der Waals surface area contributed by atoms with Crippen molar-refractivity contribution in [3.63, 3.8) is 0 Å². The van der Waals surface area contributed by atoms with Crippen molar-refractivity contribution >= 4 is 29.2 Å². The van der Waals surface area contributed by atoms with Crippen LogP contribution in [-0.4, -0.2) is 44.1 Å². The molecular weight excluding hydrogens is 400 g/mol. The number of ether oxygens (including phenoxy) is 3. The van der Waals surface area contributed by atoms with Gasteiger partial charge in [-0.1, -0.05) is 12.1 Å². The first-order valence-corrected chi connectivity index (χ1v) is 10.2. The van der Waals surface area contributed by atoms with Crippen LogP contribution in [0.4, 0.5) is 11.4 Å². The largest absolute Gasteiger partial charge is 0.494 e. The molecule has 1 fully saturated rings. The maximum Gasteiger partial charge on any atom is 0.311 e. The highest BCUT2D eigenvalue weighted by Gasteiger charge is 2.37. The number of benzene rings is 2. The lowest BCUT2D eigenvalue weighted by molar-refractivity contribution is -0.151. The van der Waals surface area contributed by atoms with Gasteiger partial charge in [-0.3, -0.25) is 14.4 Å². The third kappa shape index (κ3) is 5.75. The first-order valence-electron chi connectivity index (χ1n) is 10.2. The summed E-state index contributed by atoms with van der Waals surface area (Å²) in [5, 5.41) is 2.66. The standard InChI is InChI=1S/C23H26N2O6/c1-3-29-18-11-9-17(10-12-18)24-21(26)15-31-23(28)16-13-22(27)25(14-16)19-7-5-6-8-20(19)30-4-2/h5-12,16H,3-4,13-15H2,1-2H3,(H,24,26)/t16-/m1/s1. The molecular formula is C23H26N2O6. The monoisotopic (exact) mass is 426 g/mol. The van der Waals surface area contributed by atoms with Gasteiger partial charge in [0.1, 0.15) is 11.5 Å². The van der Waals surface area contributed by atoms with Gasteiger partial charge >= 0.3 is 5.97 Å². The molecule has 8 nitrogen and oxygen atoms in total. The lowest BCUT2D eigenvalue weighted by atomic mass is 10.1. The van der Waals surface area contributed by atoms with E-state index < -0.39 is 24.4 Å². The van der Waals surface area contributed by atoms with Crippen molar-refractivity contribution in [3.8, 4) is 11.5 Å². The smallest absolute Gasteiger partial charge is 0.311 e. The van der Waals surface area contributed by atoms with E-state index in [0.29, 0.717) is 36.1 Å². The van der Waals surface area contributed by atoms with Crippen molar-refractivity contribution in [1.29, 1.82) is 0 Å². The van der Waals surface area contributed by atoms with Crippen molar-refractivity contribution in [2.75, 3.05) is 36.6 Å². The van der Waals surface area contributed by atoms with Gasteiger partial charge in [0.05, 0.1) is 24.8 Å². The molecule has 8 heteroatoms. The van der Waals surface area contributed by atoms with Crippen LogP contribution in [0.25, 0.3) is 0 Å². The first kappa shape index (κ1) is 22.1. The number of para-hydroxylation sites is 2. The van der Waals surface area contributed by atoms with E-state index >= 15 is 0 Å². The Morgan fingerprint density at radius 2 is 1.74 bits per heavy atom. The van der Waals surface area contributed by atoms with Crippen LogP contribution in [0, 0.1) is 5.92 Å². The Labute approximate surface area is 181 Å². The molecule has 0 bridgehead atoms. The second-order valence-electron chi connectivity index (χ2n) is 6.92. The molecule has 1 N–H and O–H groups in total. The second-order valence-corrected chi connectivity index (χ2v) is 6.92. The van der Waals surface area contributed by atoms with Gasteiger partial charge in [-0.15, -0.1) is 0 Å². The third-order valence-corrected chi connectivity index (χ3v) is 4.71. The number of rotatable bonds is 9. The van der Waals surface area contributed by atoms with Gasteiger partial charge in [-0.05, 0) is 50.2 Å². The van der Waals surface area contributed by atoms with Crippen molar-refractivity contribution in [1.82, 2.24) is 0 Å². The minimum Gasteiger partial charge on any atom is -0.494 e. The van der Waals surface area contributed by atoms with E-state index in [1.54, 1.807) is 36.4 Å². The number of nitrogens with one attached hydrogen (secondary N) is 1. The van der Waals surface area contributed by atoms with Crippen molar-refractivity contribution in [3.05, 3.63) is 48.5 Å². The summed E-state index contributed by atoms with van der Waals surface area (Å²) in [5.41, 5.74) is 1.19. The highest BCUT2D eigenvalue weighted by molar-refractivity contribution is 6.01. The van der Waals surface area contributed by atoms with Crippen molar-refractivity contribution in [2.45, 2.75) is 20.3 Å². The molecule has 2 amide bonds. The molecule has 3 rings (SSSR count). The summed E-state index contributed by atoms with van der Waals surface area (Å²) < 4.78 is 16.1. The number of esters is 1. The molecule has 1 aliphatic rings. The van der Waals surface area contributed by atoms with Crippen LogP contribution in [0.15, 0.2) is 48.5 Å². The molecule has 0 unspecified atom stereocenters. The fourth-order valence-corrected chi connectivity index (χ4v) is 3.31. The van der Waals surface area contributed by atoms with Gasteiger partial charge in [-0.2, -0.15) is 0 Å². The van der Waals surface area contributed by atoms with Crippen LogP contribution in [0.3, 0.4) is 0 Å². The summed E-state index contributed by atoms with van der Waals surface area (Å²) in [4.78, 5) is 38.5. The Bertz CT molecular complexity index is 928. The highest BCUT2D eigenvalue weighted by Crippen LogP contribution is 2.33. The van der Waals surface area contributed by atoms with Gasteiger partial charge in [0.15, 0.2) is 6.61 Å². The molecule has 1 saturated heterocycles. The van der Waals surface area contributed by atoms with Gasteiger partial charge in [0.25, 0.3) is 5.91 Å². The summed E-state index contributed by atoms with van der Waals surface area (Å²) in [7, 11) is 0. The molecule has 0 aliphatic carbocycles. The summed E-state index contributed by atoms with van der Waals surface area (Å²) in [6.45, 7) is 4.53. The van der Waals surface area contributed by atoms with Gasteiger partial charge in [0, 0.05) is 18.7 Å². The zero-order chi connectivity index (χ0) is 22.2. The zero-order valence-corrected chi connectivity index (χ0v) is 17.6. The van der Waals surface area contributed by atoms with Gasteiger partial charge < -0.3 is 24.4 Å². The molecule has 164 valence electrons. The molecule has 0 radical (unpaired) electrons. The maximum absolute atomic E-state index is 12.5. The van der Waals surface area contributed by atoms with Gasteiger partial charge in [-0.25, -0.2) is 0 Å². The van der Waals surface area contributed by atoms with E-state index in [9.17, 15) is 14.4 Å². The molecule has 1 aliphatic heterocycles. The quantitative estimate of drug-likeness (QED) is 0.620. The molecule has 0 spiro atoms. The number of hydrogen-bond donors (Lipinski definition) is 1. The molecule has 2 aromatic carbocycles. The Morgan fingerprint density at radius 1 is 1.03 bits per heavy atom. The van der Waals surface area contributed by atoms with Crippen LogP contribution >= 0.6 is 0 Å². The summed E-state index contributed by atoms with van der Waals surface area (Å²) >= 11 is 0. The lowest BCUT2D eigenvalue weighted by Crippen LogP contribution is -2.28.